The van der Waals surface area contributed by atoms with Gasteiger partial charge < -0.3 is 14.4 Å². The van der Waals surface area contributed by atoms with Crippen LogP contribution in [-0.4, -0.2) is 64.2 Å². The molecule has 2 aromatic rings. The van der Waals surface area contributed by atoms with E-state index in [0.29, 0.717) is 25.0 Å². The summed E-state index contributed by atoms with van der Waals surface area (Å²) in [7, 11) is 3.32. The predicted octanol–water partition coefficient (Wildman–Crippen LogP) is 0.561. The van der Waals surface area contributed by atoms with Crippen molar-refractivity contribution < 1.29 is 9.47 Å². The van der Waals surface area contributed by atoms with Crippen LogP contribution in [0.2, 0.25) is 5.28 Å². The highest BCUT2D eigenvalue weighted by Crippen LogP contribution is 2.21. The lowest BCUT2D eigenvalue weighted by Crippen LogP contribution is -2.27. The lowest BCUT2D eigenvalue weighted by molar-refractivity contribution is -0.00461. The molecule has 0 aromatic carbocycles. The molecule has 0 radical (unpaired) electrons. The summed E-state index contributed by atoms with van der Waals surface area (Å²) in [6, 6.07) is 1.79. The van der Waals surface area contributed by atoms with Crippen molar-refractivity contribution in [1.29, 1.82) is 0 Å². The van der Waals surface area contributed by atoms with E-state index in [9.17, 15) is 0 Å². The van der Waals surface area contributed by atoms with Crippen molar-refractivity contribution in [3.05, 3.63) is 23.7 Å². The van der Waals surface area contributed by atoms with Gasteiger partial charge in [-0.05, 0) is 17.7 Å². The van der Waals surface area contributed by atoms with E-state index >= 15 is 0 Å². The van der Waals surface area contributed by atoms with E-state index in [1.807, 2.05) is 4.90 Å². The van der Waals surface area contributed by atoms with Crippen LogP contribution in [0.15, 0.2) is 18.5 Å². The molecule has 0 bridgehead atoms. The van der Waals surface area contributed by atoms with Gasteiger partial charge in [-0.15, -0.1) is 0 Å². The van der Waals surface area contributed by atoms with Gasteiger partial charge in [-0.1, -0.05) is 0 Å². The number of hydrogen-bond acceptors (Lipinski definition) is 7. The molecule has 0 N–H and O–H groups in total. The Balaban J connectivity index is 1.89. The van der Waals surface area contributed by atoms with Crippen molar-refractivity contribution in [2.45, 2.75) is 12.2 Å². The van der Waals surface area contributed by atoms with Crippen molar-refractivity contribution in [1.82, 2.24) is 24.7 Å². The first-order chi connectivity index (χ1) is 10.2. The summed E-state index contributed by atoms with van der Waals surface area (Å²) in [5, 5.41) is 4.22. The van der Waals surface area contributed by atoms with Gasteiger partial charge in [0.2, 0.25) is 11.2 Å². The Hall–Kier alpha value is -1.77. The van der Waals surface area contributed by atoms with Crippen LogP contribution in [0.25, 0.3) is 5.95 Å². The van der Waals surface area contributed by atoms with Gasteiger partial charge in [-0.25, -0.2) is 4.68 Å². The highest BCUT2D eigenvalue weighted by molar-refractivity contribution is 6.28. The number of ether oxygens (including phenoxy) is 2. The van der Waals surface area contributed by atoms with Crippen molar-refractivity contribution >= 4 is 17.5 Å². The lowest BCUT2D eigenvalue weighted by Gasteiger charge is -2.15. The van der Waals surface area contributed by atoms with Gasteiger partial charge in [0.1, 0.15) is 12.2 Å². The molecule has 2 aromatic heterocycles. The summed E-state index contributed by atoms with van der Waals surface area (Å²) in [4.78, 5) is 14.6. The molecule has 9 heteroatoms. The fourth-order valence-electron chi connectivity index (χ4n) is 2.32. The van der Waals surface area contributed by atoms with Crippen LogP contribution in [0.4, 0.5) is 5.95 Å². The van der Waals surface area contributed by atoms with Crippen molar-refractivity contribution in [2.75, 3.05) is 32.2 Å². The maximum absolute atomic E-state index is 5.99. The molecule has 21 heavy (non-hydrogen) atoms. The SMILES string of the molecule is COC1CN(c2nc(Cl)nc(-n3cccn3)n2)CC1OC. The molecular formula is C12H15ClN6O2. The Kier molecular flexibility index (Phi) is 4.00. The highest BCUT2D eigenvalue weighted by Gasteiger charge is 2.34. The summed E-state index contributed by atoms with van der Waals surface area (Å²) >= 11 is 5.99. The fraction of sp³-hybridized carbons (Fsp3) is 0.500. The van der Waals surface area contributed by atoms with Gasteiger partial charge in [0.05, 0.1) is 0 Å². The fourth-order valence-corrected chi connectivity index (χ4v) is 2.47. The second-order valence-corrected chi connectivity index (χ2v) is 4.95. The van der Waals surface area contributed by atoms with Crippen LogP contribution in [0.5, 0.6) is 0 Å². The Morgan fingerprint density at radius 3 is 2.33 bits per heavy atom. The van der Waals surface area contributed by atoms with Gasteiger partial charge in [-0.2, -0.15) is 20.1 Å². The van der Waals surface area contributed by atoms with Crippen LogP contribution in [0, 0.1) is 0 Å². The molecule has 0 amide bonds. The quantitative estimate of drug-likeness (QED) is 0.816. The maximum Gasteiger partial charge on any atom is 0.256 e. The molecule has 3 rings (SSSR count). The van der Waals surface area contributed by atoms with E-state index in [-0.39, 0.29) is 17.5 Å². The number of nitrogens with zero attached hydrogens (tertiary/aromatic N) is 6. The minimum Gasteiger partial charge on any atom is -0.377 e. The molecule has 1 aliphatic rings. The van der Waals surface area contributed by atoms with Crippen LogP contribution >= 0.6 is 11.6 Å². The lowest BCUT2D eigenvalue weighted by atomic mass is 10.3. The van der Waals surface area contributed by atoms with Gasteiger partial charge in [-0.3, -0.25) is 0 Å². The number of hydrogen-bond donors (Lipinski definition) is 0. The first-order valence-corrected chi connectivity index (χ1v) is 6.81. The summed E-state index contributed by atoms with van der Waals surface area (Å²) in [5.41, 5.74) is 0. The Morgan fingerprint density at radius 2 is 1.76 bits per heavy atom. The molecule has 1 fully saturated rings. The van der Waals surface area contributed by atoms with Crippen LogP contribution in [0.1, 0.15) is 0 Å². The monoisotopic (exact) mass is 310 g/mol. The first-order valence-electron chi connectivity index (χ1n) is 6.43. The molecule has 1 saturated heterocycles. The number of rotatable bonds is 4. The normalized spacial score (nSPS) is 22.0. The topological polar surface area (TPSA) is 78.2 Å². The second kappa shape index (κ2) is 5.92. The van der Waals surface area contributed by atoms with Gasteiger partial charge in [0.15, 0.2) is 0 Å². The maximum atomic E-state index is 5.99. The standard InChI is InChI=1S/C12H15ClN6O2/c1-20-8-6-18(7-9(8)21-2)11-15-10(13)16-12(17-11)19-5-3-4-14-19/h3-5,8-9H,6-7H2,1-2H3. The molecule has 3 heterocycles. The highest BCUT2D eigenvalue weighted by atomic mass is 35.5. The summed E-state index contributed by atoms with van der Waals surface area (Å²) < 4.78 is 12.4. The first kappa shape index (κ1) is 14.2. The van der Waals surface area contributed by atoms with E-state index in [4.69, 9.17) is 21.1 Å². The average Bonchev–Trinajstić information content (AvgIpc) is 3.15. The zero-order valence-corrected chi connectivity index (χ0v) is 12.4. The third-order valence-electron chi connectivity index (χ3n) is 3.40. The van der Waals surface area contributed by atoms with Gasteiger partial charge in [0.25, 0.3) is 5.95 Å². The number of methoxy groups -OCH3 is 2. The molecule has 2 atom stereocenters. The Labute approximate surface area is 126 Å². The number of aromatic nitrogens is 5. The molecule has 2 unspecified atom stereocenters. The third-order valence-corrected chi connectivity index (χ3v) is 3.57. The van der Waals surface area contributed by atoms with Gasteiger partial charge >= 0.3 is 0 Å². The molecule has 0 aliphatic carbocycles. The Bertz CT molecular complexity index is 596. The molecule has 1 aliphatic heterocycles. The van der Waals surface area contributed by atoms with E-state index in [1.54, 1.807) is 32.7 Å². The largest absolute Gasteiger partial charge is 0.377 e. The second-order valence-electron chi connectivity index (χ2n) is 4.61. The third kappa shape index (κ3) is 2.82. The van der Waals surface area contributed by atoms with Crippen molar-refractivity contribution in [2.24, 2.45) is 0 Å². The van der Waals surface area contributed by atoms with E-state index in [1.165, 1.54) is 4.68 Å². The van der Waals surface area contributed by atoms with Crippen LogP contribution in [-0.2, 0) is 9.47 Å². The zero-order chi connectivity index (χ0) is 14.8. The van der Waals surface area contributed by atoms with E-state index < -0.39 is 0 Å². The van der Waals surface area contributed by atoms with E-state index in [2.05, 4.69) is 20.1 Å². The summed E-state index contributed by atoms with van der Waals surface area (Å²) in [6.45, 7) is 1.27. The van der Waals surface area contributed by atoms with E-state index in [0.717, 1.165) is 0 Å². The van der Waals surface area contributed by atoms with Crippen molar-refractivity contribution in [3.8, 4) is 5.95 Å². The minimum atomic E-state index is -0.0290. The molecule has 112 valence electrons. The van der Waals surface area contributed by atoms with Gasteiger partial charge in [0, 0.05) is 39.7 Å². The smallest absolute Gasteiger partial charge is 0.256 e. The summed E-state index contributed by atoms with van der Waals surface area (Å²) in [5.74, 6) is 0.868. The molecule has 0 spiro atoms. The number of halogens is 1. The molecule has 8 nitrogen and oxygen atoms in total. The van der Waals surface area contributed by atoms with Crippen LogP contribution in [0.3, 0.4) is 0 Å². The zero-order valence-electron chi connectivity index (χ0n) is 11.7. The Morgan fingerprint density at radius 1 is 1.10 bits per heavy atom. The number of anilines is 1. The molecule has 0 saturated carbocycles. The summed E-state index contributed by atoms with van der Waals surface area (Å²) in [6.07, 6.45) is 3.34. The predicted molar refractivity (Wildman–Crippen MR) is 75.8 cm³/mol. The van der Waals surface area contributed by atoms with Crippen molar-refractivity contribution in [3.63, 3.8) is 0 Å². The minimum absolute atomic E-state index is 0.0290. The average molecular weight is 311 g/mol. The van der Waals surface area contributed by atoms with Crippen LogP contribution < -0.4 is 4.90 Å². The molecular weight excluding hydrogens is 296 g/mol.